The van der Waals surface area contributed by atoms with Gasteiger partial charge in [-0.3, -0.25) is 4.79 Å². The summed E-state index contributed by atoms with van der Waals surface area (Å²) >= 11 is 0. The molecule has 1 aromatic rings. The van der Waals surface area contributed by atoms with E-state index in [1.807, 2.05) is 0 Å². The van der Waals surface area contributed by atoms with Crippen LogP contribution in [0.3, 0.4) is 0 Å². The highest BCUT2D eigenvalue weighted by Crippen LogP contribution is 2.25. The molecule has 0 aromatic heterocycles. The number of hydrogen-bond acceptors (Lipinski definition) is 2. The quantitative estimate of drug-likeness (QED) is 0.838. The Morgan fingerprint density at radius 1 is 1.06 bits per heavy atom. The lowest BCUT2D eigenvalue weighted by molar-refractivity contribution is -0.115. The molecule has 1 aromatic carbocycles. The Bertz CT molecular complexity index is 463. The van der Waals surface area contributed by atoms with Crippen LogP contribution in [0.5, 0.6) is 0 Å². The van der Waals surface area contributed by atoms with E-state index >= 15 is 0 Å². The van der Waals surface area contributed by atoms with Crippen molar-refractivity contribution < 1.29 is 4.79 Å². The van der Waals surface area contributed by atoms with Gasteiger partial charge in [-0.2, -0.15) is 0 Å². The number of nitrogens with one attached hydrogen (secondary N) is 1. The average molecular weight is 229 g/mol. The predicted molar refractivity (Wildman–Crippen MR) is 71.2 cm³/mol. The van der Waals surface area contributed by atoms with Gasteiger partial charge in [0, 0.05) is 23.9 Å². The molecule has 17 heavy (non-hydrogen) atoms. The molecule has 2 nitrogen and oxygen atoms in total. The Hall–Kier alpha value is -1.57. The van der Waals surface area contributed by atoms with Crippen LogP contribution in [0, 0.1) is 20.8 Å². The van der Waals surface area contributed by atoms with Gasteiger partial charge in [0.15, 0.2) is 5.78 Å². The number of ketones is 1. The van der Waals surface area contributed by atoms with Crippen molar-refractivity contribution in [1.82, 2.24) is 0 Å². The maximum atomic E-state index is 11.4. The first-order valence-electron chi connectivity index (χ1n) is 6.14. The molecule has 1 aliphatic rings. The summed E-state index contributed by atoms with van der Waals surface area (Å²) in [5.74, 6) is 0.237. The Morgan fingerprint density at radius 2 is 1.71 bits per heavy atom. The van der Waals surface area contributed by atoms with Gasteiger partial charge in [0.25, 0.3) is 0 Å². The van der Waals surface area contributed by atoms with Gasteiger partial charge in [-0.1, -0.05) is 17.7 Å². The zero-order chi connectivity index (χ0) is 12.4. The lowest BCUT2D eigenvalue weighted by Gasteiger charge is -2.18. The number of carbonyl (C=O) groups excluding carboxylic acids is 1. The molecule has 1 aliphatic carbocycles. The molecule has 0 amide bonds. The molecule has 90 valence electrons. The Morgan fingerprint density at radius 3 is 2.29 bits per heavy atom. The minimum absolute atomic E-state index is 0.237. The predicted octanol–water partition coefficient (Wildman–Crippen LogP) is 3.66. The fourth-order valence-corrected chi connectivity index (χ4v) is 2.43. The van der Waals surface area contributed by atoms with E-state index in [0.717, 1.165) is 24.2 Å². The Balaban J connectivity index is 2.27. The van der Waals surface area contributed by atoms with E-state index in [9.17, 15) is 4.79 Å². The van der Waals surface area contributed by atoms with Gasteiger partial charge in [-0.05, 0) is 44.7 Å². The van der Waals surface area contributed by atoms with E-state index in [1.165, 1.54) is 16.7 Å². The third kappa shape index (κ3) is 2.76. The van der Waals surface area contributed by atoms with E-state index in [2.05, 4.69) is 38.2 Å². The molecule has 0 saturated carbocycles. The number of benzene rings is 1. The minimum Gasteiger partial charge on any atom is -0.358 e. The number of rotatable bonds is 2. The smallest absolute Gasteiger partial charge is 0.157 e. The first-order chi connectivity index (χ1) is 8.06. The summed E-state index contributed by atoms with van der Waals surface area (Å²) in [5, 5.41) is 3.42. The highest BCUT2D eigenvalue weighted by atomic mass is 16.1. The molecule has 0 atom stereocenters. The van der Waals surface area contributed by atoms with Gasteiger partial charge in [0.05, 0.1) is 0 Å². The molecule has 0 bridgehead atoms. The van der Waals surface area contributed by atoms with E-state index in [0.29, 0.717) is 6.42 Å². The van der Waals surface area contributed by atoms with Crippen molar-refractivity contribution >= 4 is 11.5 Å². The van der Waals surface area contributed by atoms with Crippen molar-refractivity contribution in [3.05, 3.63) is 40.6 Å². The van der Waals surface area contributed by atoms with E-state index in [1.54, 1.807) is 6.08 Å². The summed E-state index contributed by atoms with van der Waals surface area (Å²) in [5.41, 5.74) is 5.95. The molecule has 0 aliphatic heterocycles. The van der Waals surface area contributed by atoms with Gasteiger partial charge in [0.2, 0.25) is 0 Å². The summed E-state index contributed by atoms with van der Waals surface area (Å²) in [7, 11) is 0. The largest absolute Gasteiger partial charge is 0.358 e. The Labute approximate surface area is 103 Å². The molecule has 0 radical (unpaired) electrons. The van der Waals surface area contributed by atoms with Crippen molar-refractivity contribution in [2.24, 2.45) is 0 Å². The second-order valence-electron chi connectivity index (χ2n) is 4.89. The monoisotopic (exact) mass is 229 g/mol. The summed E-state index contributed by atoms with van der Waals surface area (Å²) in [6, 6.07) is 4.33. The number of carbonyl (C=O) groups is 1. The van der Waals surface area contributed by atoms with Crippen LogP contribution in [-0.2, 0) is 4.79 Å². The summed E-state index contributed by atoms with van der Waals surface area (Å²) < 4.78 is 0. The molecule has 0 saturated heterocycles. The fraction of sp³-hybridized carbons (Fsp3) is 0.400. The lowest BCUT2D eigenvalue weighted by Crippen LogP contribution is -2.10. The summed E-state index contributed by atoms with van der Waals surface area (Å²) in [6.07, 6.45) is 4.37. The summed E-state index contributed by atoms with van der Waals surface area (Å²) in [4.78, 5) is 11.4. The third-order valence-electron chi connectivity index (χ3n) is 3.17. The molecule has 2 rings (SSSR count). The van der Waals surface area contributed by atoms with Gasteiger partial charge >= 0.3 is 0 Å². The zero-order valence-electron chi connectivity index (χ0n) is 10.8. The lowest BCUT2D eigenvalue weighted by atomic mass is 10.0. The molecule has 0 fully saturated rings. The number of allylic oxidation sites excluding steroid dienone is 2. The van der Waals surface area contributed by atoms with Gasteiger partial charge in [-0.25, -0.2) is 0 Å². The van der Waals surface area contributed by atoms with Crippen molar-refractivity contribution in [1.29, 1.82) is 0 Å². The van der Waals surface area contributed by atoms with Crippen LogP contribution >= 0.6 is 0 Å². The van der Waals surface area contributed by atoms with Crippen molar-refractivity contribution in [2.75, 3.05) is 5.32 Å². The van der Waals surface area contributed by atoms with E-state index < -0.39 is 0 Å². The van der Waals surface area contributed by atoms with E-state index in [-0.39, 0.29) is 5.78 Å². The van der Waals surface area contributed by atoms with Crippen LogP contribution in [0.2, 0.25) is 0 Å². The topological polar surface area (TPSA) is 29.1 Å². The van der Waals surface area contributed by atoms with Crippen LogP contribution in [0.15, 0.2) is 23.9 Å². The van der Waals surface area contributed by atoms with Gasteiger partial charge in [-0.15, -0.1) is 0 Å². The molecule has 0 heterocycles. The minimum atomic E-state index is 0.237. The number of aryl methyl sites for hydroxylation is 3. The highest BCUT2D eigenvalue weighted by Gasteiger charge is 2.11. The number of hydrogen-bond donors (Lipinski definition) is 1. The molecule has 0 unspecified atom stereocenters. The Kier molecular flexibility index (Phi) is 3.32. The maximum Gasteiger partial charge on any atom is 0.157 e. The van der Waals surface area contributed by atoms with Crippen molar-refractivity contribution in [3.8, 4) is 0 Å². The molecular weight excluding hydrogens is 210 g/mol. The summed E-state index contributed by atoms with van der Waals surface area (Å²) in [6.45, 7) is 6.31. The van der Waals surface area contributed by atoms with Crippen LogP contribution in [0.25, 0.3) is 0 Å². The fourth-order valence-electron chi connectivity index (χ4n) is 2.43. The second kappa shape index (κ2) is 4.74. The average Bonchev–Trinajstić information content (AvgIpc) is 2.23. The second-order valence-corrected chi connectivity index (χ2v) is 4.89. The van der Waals surface area contributed by atoms with Crippen LogP contribution in [0.4, 0.5) is 5.69 Å². The van der Waals surface area contributed by atoms with Crippen LogP contribution in [0.1, 0.15) is 36.0 Å². The maximum absolute atomic E-state index is 11.4. The van der Waals surface area contributed by atoms with Crippen LogP contribution < -0.4 is 5.32 Å². The molecule has 0 spiro atoms. The SMILES string of the molecule is Cc1cc(C)c(NC2=CC(=O)CCC2)c(C)c1. The van der Waals surface area contributed by atoms with Gasteiger partial charge in [0.1, 0.15) is 0 Å². The first kappa shape index (κ1) is 11.9. The molecule has 2 heteroatoms. The first-order valence-corrected chi connectivity index (χ1v) is 6.14. The van der Waals surface area contributed by atoms with Gasteiger partial charge < -0.3 is 5.32 Å². The van der Waals surface area contributed by atoms with E-state index in [4.69, 9.17) is 0 Å². The number of anilines is 1. The highest BCUT2D eigenvalue weighted by molar-refractivity contribution is 5.91. The zero-order valence-corrected chi connectivity index (χ0v) is 10.8. The standard InChI is InChI=1S/C15H19NO/c1-10-7-11(2)15(12(3)8-10)16-13-5-4-6-14(17)9-13/h7-9,16H,4-6H2,1-3H3. The molecule has 1 N–H and O–H groups in total. The molecular formula is C15H19NO. The van der Waals surface area contributed by atoms with Crippen molar-refractivity contribution in [3.63, 3.8) is 0 Å². The van der Waals surface area contributed by atoms with Crippen LogP contribution in [-0.4, -0.2) is 5.78 Å². The van der Waals surface area contributed by atoms with Crippen molar-refractivity contribution in [2.45, 2.75) is 40.0 Å². The third-order valence-corrected chi connectivity index (χ3v) is 3.17. The normalized spacial score (nSPS) is 15.7.